The molecule has 0 aliphatic carbocycles. The standard InChI is InChI=1S/C15H23NO2/c1-12(2)13(11-17)10-14-6-7-15(18-14)16-8-4-3-5-9-16/h6-7,10,12,17H,3-5,8-9,11H2,1-2H3. The molecular weight excluding hydrogens is 226 g/mol. The zero-order valence-electron chi connectivity index (χ0n) is 11.4. The van der Waals surface area contributed by atoms with Crippen molar-refractivity contribution in [2.24, 2.45) is 5.92 Å². The van der Waals surface area contributed by atoms with Crippen molar-refractivity contribution in [3.63, 3.8) is 0 Å². The third-order valence-electron chi connectivity index (χ3n) is 3.53. The number of hydrogen-bond acceptors (Lipinski definition) is 3. The van der Waals surface area contributed by atoms with Crippen molar-refractivity contribution in [3.05, 3.63) is 23.5 Å². The van der Waals surface area contributed by atoms with Crippen LogP contribution in [0.25, 0.3) is 6.08 Å². The summed E-state index contributed by atoms with van der Waals surface area (Å²) >= 11 is 0. The van der Waals surface area contributed by atoms with Crippen LogP contribution in [0.2, 0.25) is 0 Å². The van der Waals surface area contributed by atoms with Gasteiger partial charge in [-0.25, -0.2) is 0 Å². The summed E-state index contributed by atoms with van der Waals surface area (Å²) in [6.07, 6.45) is 5.78. The Kier molecular flexibility index (Phi) is 4.48. The molecule has 1 aromatic rings. The van der Waals surface area contributed by atoms with Crippen molar-refractivity contribution in [3.8, 4) is 0 Å². The first-order valence-corrected chi connectivity index (χ1v) is 6.87. The van der Waals surface area contributed by atoms with Gasteiger partial charge < -0.3 is 14.4 Å². The second-order valence-corrected chi connectivity index (χ2v) is 5.26. The van der Waals surface area contributed by atoms with Crippen LogP contribution in [0.1, 0.15) is 38.9 Å². The number of aliphatic hydroxyl groups is 1. The van der Waals surface area contributed by atoms with Gasteiger partial charge in [0, 0.05) is 19.2 Å². The number of furan rings is 1. The molecule has 1 aliphatic heterocycles. The number of aliphatic hydroxyl groups excluding tert-OH is 1. The highest BCUT2D eigenvalue weighted by Gasteiger charge is 2.14. The first-order valence-electron chi connectivity index (χ1n) is 6.87. The van der Waals surface area contributed by atoms with Gasteiger partial charge in [0.25, 0.3) is 0 Å². The van der Waals surface area contributed by atoms with E-state index in [0.29, 0.717) is 5.92 Å². The number of anilines is 1. The first kappa shape index (κ1) is 13.2. The Bertz CT molecular complexity index is 400. The lowest BCUT2D eigenvalue weighted by molar-refractivity contribution is 0.320. The lowest BCUT2D eigenvalue weighted by atomic mass is 10.0. The smallest absolute Gasteiger partial charge is 0.196 e. The van der Waals surface area contributed by atoms with Gasteiger partial charge in [0.15, 0.2) is 5.88 Å². The summed E-state index contributed by atoms with van der Waals surface area (Å²) in [5.74, 6) is 2.15. The largest absolute Gasteiger partial charge is 0.441 e. The third kappa shape index (κ3) is 3.16. The van der Waals surface area contributed by atoms with E-state index in [1.807, 2.05) is 18.2 Å². The summed E-state index contributed by atoms with van der Waals surface area (Å²) in [5.41, 5.74) is 1.01. The molecule has 0 atom stereocenters. The van der Waals surface area contributed by atoms with Gasteiger partial charge in [-0.2, -0.15) is 0 Å². The van der Waals surface area contributed by atoms with E-state index in [-0.39, 0.29) is 6.61 Å². The van der Waals surface area contributed by atoms with Crippen molar-refractivity contribution in [1.82, 2.24) is 0 Å². The molecule has 0 bridgehead atoms. The van der Waals surface area contributed by atoms with Gasteiger partial charge in [-0.15, -0.1) is 0 Å². The minimum absolute atomic E-state index is 0.0947. The van der Waals surface area contributed by atoms with E-state index < -0.39 is 0 Å². The average Bonchev–Trinajstić information content (AvgIpc) is 2.85. The Morgan fingerprint density at radius 3 is 2.67 bits per heavy atom. The average molecular weight is 249 g/mol. The van der Waals surface area contributed by atoms with E-state index in [2.05, 4.69) is 18.7 Å². The zero-order chi connectivity index (χ0) is 13.0. The molecule has 2 heterocycles. The summed E-state index contributed by atoms with van der Waals surface area (Å²) in [4.78, 5) is 2.30. The van der Waals surface area contributed by atoms with E-state index in [0.717, 1.165) is 30.3 Å². The Labute approximate surface area is 109 Å². The van der Waals surface area contributed by atoms with Crippen LogP contribution in [0.5, 0.6) is 0 Å². The fourth-order valence-corrected chi connectivity index (χ4v) is 2.28. The molecule has 0 saturated carbocycles. The number of nitrogens with zero attached hydrogens (tertiary/aromatic N) is 1. The molecule has 1 aromatic heterocycles. The van der Waals surface area contributed by atoms with Gasteiger partial charge in [-0.3, -0.25) is 0 Å². The molecule has 100 valence electrons. The fraction of sp³-hybridized carbons (Fsp3) is 0.600. The zero-order valence-corrected chi connectivity index (χ0v) is 11.4. The highest BCUT2D eigenvalue weighted by molar-refractivity contribution is 5.52. The number of hydrogen-bond donors (Lipinski definition) is 1. The fourth-order valence-electron chi connectivity index (χ4n) is 2.28. The van der Waals surface area contributed by atoms with E-state index in [4.69, 9.17) is 4.42 Å². The Hall–Kier alpha value is -1.22. The topological polar surface area (TPSA) is 36.6 Å². The van der Waals surface area contributed by atoms with Gasteiger partial charge in [-0.05, 0) is 42.9 Å². The summed E-state index contributed by atoms with van der Waals surface area (Å²) in [5, 5.41) is 9.29. The van der Waals surface area contributed by atoms with E-state index >= 15 is 0 Å². The molecule has 1 N–H and O–H groups in total. The Balaban J connectivity index is 2.09. The van der Waals surface area contributed by atoms with Crippen molar-refractivity contribution >= 4 is 12.0 Å². The van der Waals surface area contributed by atoms with Crippen LogP contribution in [0.4, 0.5) is 5.88 Å². The van der Waals surface area contributed by atoms with E-state index in [1.165, 1.54) is 19.3 Å². The van der Waals surface area contributed by atoms with E-state index in [9.17, 15) is 5.11 Å². The van der Waals surface area contributed by atoms with Crippen LogP contribution in [-0.2, 0) is 0 Å². The predicted octanol–water partition coefficient (Wildman–Crippen LogP) is 3.30. The highest BCUT2D eigenvalue weighted by atomic mass is 16.4. The maximum absolute atomic E-state index is 9.29. The maximum atomic E-state index is 9.29. The van der Waals surface area contributed by atoms with Crippen LogP contribution in [0, 0.1) is 5.92 Å². The van der Waals surface area contributed by atoms with Crippen molar-refractivity contribution in [2.45, 2.75) is 33.1 Å². The Morgan fingerprint density at radius 2 is 2.06 bits per heavy atom. The molecule has 0 radical (unpaired) electrons. The molecule has 3 nitrogen and oxygen atoms in total. The molecule has 18 heavy (non-hydrogen) atoms. The van der Waals surface area contributed by atoms with Gasteiger partial charge in [0.2, 0.25) is 0 Å². The number of piperidine rings is 1. The lowest BCUT2D eigenvalue weighted by Gasteiger charge is -2.25. The van der Waals surface area contributed by atoms with Crippen LogP contribution in [-0.4, -0.2) is 24.8 Å². The molecular formula is C15H23NO2. The molecule has 0 unspecified atom stereocenters. The molecule has 1 fully saturated rings. The minimum Gasteiger partial charge on any atom is -0.441 e. The van der Waals surface area contributed by atoms with Gasteiger partial charge >= 0.3 is 0 Å². The van der Waals surface area contributed by atoms with Crippen molar-refractivity contribution in [2.75, 3.05) is 24.6 Å². The molecule has 1 saturated heterocycles. The van der Waals surface area contributed by atoms with Crippen molar-refractivity contribution in [1.29, 1.82) is 0 Å². The van der Waals surface area contributed by atoms with Crippen LogP contribution < -0.4 is 4.90 Å². The summed E-state index contributed by atoms with van der Waals surface area (Å²) in [7, 11) is 0. The molecule has 0 aromatic carbocycles. The molecule has 3 heteroatoms. The summed E-state index contributed by atoms with van der Waals surface area (Å²) in [6, 6.07) is 4.02. The van der Waals surface area contributed by atoms with Crippen molar-refractivity contribution < 1.29 is 9.52 Å². The van der Waals surface area contributed by atoms with Crippen LogP contribution >= 0.6 is 0 Å². The van der Waals surface area contributed by atoms with Crippen LogP contribution in [0.3, 0.4) is 0 Å². The quantitative estimate of drug-likeness (QED) is 0.889. The second-order valence-electron chi connectivity index (χ2n) is 5.26. The molecule has 0 spiro atoms. The Morgan fingerprint density at radius 1 is 1.33 bits per heavy atom. The minimum atomic E-state index is 0.0947. The molecule has 2 rings (SSSR count). The second kappa shape index (κ2) is 6.10. The van der Waals surface area contributed by atoms with Gasteiger partial charge in [0.05, 0.1) is 6.61 Å². The molecule has 0 amide bonds. The highest BCUT2D eigenvalue weighted by Crippen LogP contribution is 2.24. The van der Waals surface area contributed by atoms with Gasteiger partial charge in [-0.1, -0.05) is 13.8 Å². The summed E-state index contributed by atoms with van der Waals surface area (Å²) in [6.45, 7) is 6.44. The SMILES string of the molecule is CC(C)C(=Cc1ccc(N2CCCCC2)o1)CO. The first-order chi connectivity index (χ1) is 8.70. The van der Waals surface area contributed by atoms with Gasteiger partial charge in [0.1, 0.15) is 5.76 Å². The third-order valence-corrected chi connectivity index (χ3v) is 3.53. The lowest BCUT2D eigenvalue weighted by Crippen LogP contribution is -2.28. The van der Waals surface area contributed by atoms with Crippen LogP contribution in [0.15, 0.2) is 22.1 Å². The number of rotatable bonds is 4. The summed E-state index contributed by atoms with van der Waals surface area (Å²) < 4.78 is 5.84. The van der Waals surface area contributed by atoms with E-state index in [1.54, 1.807) is 0 Å². The molecule has 1 aliphatic rings. The maximum Gasteiger partial charge on any atom is 0.196 e. The predicted molar refractivity (Wildman–Crippen MR) is 74.7 cm³/mol. The normalized spacial score (nSPS) is 17.6. The monoisotopic (exact) mass is 249 g/mol.